The van der Waals surface area contributed by atoms with Crippen molar-refractivity contribution in [2.24, 2.45) is 11.8 Å². The van der Waals surface area contributed by atoms with Gasteiger partial charge in [0.2, 0.25) is 5.91 Å². The molecule has 2 rings (SSSR count). The highest BCUT2D eigenvalue weighted by Gasteiger charge is 2.31. The Morgan fingerprint density at radius 3 is 2.35 bits per heavy atom. The molecule has 20 heavy (non-hydrogen) atoms. The van der Waals surface area contributed by atoms with Gasteiger partial charge in [-0.3, -0.25) is 4.79 Å². The summed E-state index contributed by atoms with van der Waals surface area (Å²) in [5, 5.41) is 13.9. The summed E-state index contributed by atoms with van der Waals surface area (Å²) >= 11 is 0. The zero-order chi connectivity index (χ0) is 14.5. The molecular formula is C16H20NO3-. The number of carboxylic acid groups (broad SMARTS) is 1. The molecule has 0 heterocycles. The number of benzene rings is 1. The van der Waals surface area contributed by atoms with Crippen molar-refractivity contribution in [3.05, 3.63) is 35.4 Å². The van der Waals surface area contributed by atoms with E-state index >= 15 is 0 Å². The van der Waals surface area contributed by atoms with Crippen LogP contribution in [0.2, 0.25) is 0 Å². The number of carbonyl (C=O) groups is 2. The first-order valence-electron chi connectivity index (χ1n) is 7.12. The van der Waals surface area contributed by atoms with Gasteiger partial charge in [0.25, 0.3) is 0 Å². The molecule has 1 aromatic rings. The molecule has 1 N–H and O–H groups in total. The van der Waals surface area contributed by atoms with E-state index in [1.807, 2.05) is 31.2 Å². The average molecular weight is 274 g/mol. The molecule has 0 saturated heterocycles. The quantitative estimate of drug-likeness (QED) is 0.896. The van der Waals surface area contributed by atoms with Crippen LogP contribution in [0.4, 0.5) is 0 Å². The Kier molecular flexibility index (Phi) is 4.77. The molecule has 1 aromatic carbocycles. The molecule has 1 aliphatic carbocycles. The fraction of sp³-hybridized carbons (Fsp3) is 0.500. The van der Waals surface area contributed by atoms with E-state index in [0.29, 0.717) is 19.4 Å². The van der Waals surface area contributed by atoms with E-state index in [1.54, 1.807) is 0 Å². The number of nitrogens with one attached hydrogen (secondary N) is 1. The van der Waals surface area contributed by atoms with Crippen LogP contribution in [0, 0.1) is 18.8 Å². The third-order valence-corrected chi connectivity index (χ3v) is 3.99. The summed E-state index contributed by atoms with van der Waals surface area (Å²) in [4.78, 5) is 23.2. The molecule has 0 aliphatic heterocycles. The molecule has 0 spiro atoms. The van der Waals surface area contributed by atoms with Crippen molar-refractivity contribution in [3.8, 4) is 0 Å². The van der Waals surface area contributed by atoms with Crippen molar-refractivity contribution in [1.82, 2.24) is 5.32 Å². The Morgan fingerprint density at radius 2 is 1.75 bits per heavy atom. The van der Waals surface area contributed by atoms with Crippen molar-refractivity contribution >= 4 is 11.9 Å². The summed E-state index contributed by atoms with van der Waals surface area (Å²) in [6, 6.07) is 7.91. The van der Waals surface area contributed by atoms with Crippen molar-refractivity contribution in [1.29, 1.82) is 0 Å². The van der Waals surface area contributed by atoms with Gasteiger partial charge in [-0.05, 0) is 25.3 Å². The van der Waals surface area contributed by atoms with E-state index < -0.39 is 17.8 Å². The van der Waals surface area contributed by atoms with E-state index in [0.717, 1.165) is 18.4 Å². The molecule has 2 atom stereocenters. The molecule has 1 fully saturated rings. The average Bonchev–Trinajstić information content (AvgIpc) is 2.46. The molecular weight excluding hydrogens is 254 g/mol. The fourth-order valence-corrected chi connectivity index (χ4v) is 2.75. The van der Waals surface area contributed by atoms with Crippen molar-refractivity contribution in [3.63, 3.8) is 0 Å². The second-order valence-corrected chi connectivity index (χ2v) is 5.52. The number of aliphatic carboxylic acids is 1. The predicted molar refractivity (Wildman–Crippen MR) is 73.5 cm³/mol. The third kappa shape index (κ3) is 3.59. The third-order valence-electron chi connectivity index (χ3n) is 3.99. The standard InChI is InChI=1S/C16H21NO3/c1-11-6-8-12(9-7-11)10-17-15(18)13-4-2-3-5-14(13)16(19)20/h6-9,13-14H,2-5,10H2,1H3,(H,17,18)(H,19,20)/p-1/t13-,14+/m1/s1. The topological polar surface area (TPSA) is 69.2 Å². The Labute approximate surface area is 119 Å². The van der Waals surface area contributed by atoms with Gasteiger partial charge in [0.05, 0.1) is 0 Å². The van der Waals surface area contributed by atoms with Crippen LogP contribution in [0.3, 0.4) is 0 Å². The minimum absolute atomic E-state index is 0.167. The largest absolute Gasteiger partial charge is 0.550 e. The number of hydrogen-bond acceptors (Lipinski definition) is 3. The predicted octanol–water partition coefficient (Wildman–Crippen LogP) is 1.17. The van der Waals surface area contributed by atoms with Crippen LogP contribution in [0.1, 0.15) is 36.8 Å². The Hall–Kier alpha value is -1.84. The first kappa shape index (κ1) is 14.6. The van der Waals surface area contributed by atoms with E-state index in [2.05, 4.69) is 5.32 Å². The van der Waals surface area contributed by atoms with E-state index in [-0.39, 0.29) is 5.91 Å². The Bertz CT molecular complexity index is 481. The fourth-order valence-electron chi connectivity index (χ4n) is 2.75. The summed E-state index contributed by atoms with van der Waals surface area (Å²) in [6.07, 6.45) is 2.95. The molecule has 1 saturated carbocycles. The van der Waals surface area contributed by atoms with Gasteiger partial charge in [-0.1, -0.05) is 42.7 Å². The van der Waals surface area contributed by atoms with Crippen molar-refractivity contribution < 1.29 is 14.7 Å². The molecule has 1 aliphatic rings. The van der Waals surface area contributed by atoms with Crippen LogP contribution in [-0.2, 0) is 16.1 Å². The number of rotatable bonds is 4. The number of hydrogen-bond donors (Lipinski definition) is 1. The maximum absolute atomic E-state index is 12.2. The second kappa shape index (κ2) is 6.55. The van der Waals surface area contributed by atoms with Crippen LogP contribution in [0.5, 0.6) is 0 Å². The maximum atomic E-state index is 12.2. The van der Waals surface area contributed by atoms with Crippen LogP contribution in [-0.4, -0.2) is 11.9 Å². The highest BCUT2D eigenvalue weighted by atomic mass is 16.4. The molecule has 1 amide bonds. The summed E-state index contributed by atoms with van der Waals surface area (Å²) in [5.41, 5.74) is 2.19. The zero-order valence-electron chi connectivity index (χ0n) is 11.7. The summed E-state index contributed by atoms with van der Waals surface area (Å²) in [7, 11) is 0. The zero-order valence-corrected chi connectivity index (χ0v) is 11.7. The van der Waals surface area contributed by atoms with Crippen LogP contribution in [0.15, 0.2) is 24.3 Å². The summed E-state index contributed by atoms with van der Waals surface area (Å²) in [6.45, 7) is 2.45. The van der Waals surface area contributed by atoms with Crippen LogP contribution in [0.25, 0.3) is 0 Å². The SMILES string of the molecule is Cc1ccc(CNC(=O)[C@@H]2CCCC[C@@H]2C(=O)[O-])cc1. The molecule has 4 nitrogen and oxygen atoms in total. The van der Waals surface area contributed by atoms with Gasteiger partial charge in [-0.15, -0.1) is 0 Å². The van der Waals surface area contributed by atoms with Crippen molar-refractivity contribution in [2.75, 3.05) is 0 Å². The van der Waals surface area contributed by atoms with E-state index in [4.69, 9.17) is 0 Å². The number of amides is 1. The van der Waals surface area contributed by atoms with Gasteiger partial charge in [-0.25, -0.2) is 0 Å². The van der Waals surface area contributed by atoms with E-state index in [9.17, 15) is 14.7 Å². The lowest BCUT2D eigenvalue weighted by atomic mass is 9.78. The first-order valence-corrected chi connectivity index (χ1v) is 7.12. The van der Waals surface area contributed by atoms with Gasteiger partial charge in [0, 0.05) is 24.3 Å². The number of carboxylic acids is 1. The van der Waals surface area contributed by atoms with Gasteiger partial charge >= 0.3 is 0 Å². The molecule has 108 valence electrons. The minimum atomic E-state index is -1.10. The molecule has 4 heteroatoms. The number of carbonyl (C=O) groups excluding carboxylic acids is 2. The number of aryl methyl sites for hydroxylation is 1. The normalized spacial score (nSPS) is 22.2. The minimum Gasteiger partial charge on any atom is -0.550 e. The van der Waals surface area contributed by atoms with Gasteiger partial charge < -0.3 is 15.2 Å². The molecule has 0 aromatic heterocycles. The Balaban J connectivity index is 1.93. The summed E-state index contributed by atoms with van der Waals surface area (Å²) in [5.74, 6) is -2.35. The smallest absolute Gasteiger partial charge is 0.224 e. The second-order valence-electron chi connectivity index (χ2n) is 5.52. The van der Waals surface area contributed by atoms with Gasteiger partial charge in [0.1, 0.15) is 0 Å². The maximum Gasteiger partial charge on any atom is 0.224 e. The highest BCUT2D eigenvalue weighted by Crippen LogP contribution is 2.29. The molecule has 0 bridgehead atoms. The van der Waals surface area contributed by atoms with Gasteiger partial charge in [0.15, 0.2) is 0 Å². The Morgan fingerprint density at radius 1 is 1.15 bits per heavy atom. The monoisotopic (exact) mass is 274 g/mol. The van der Waals surface area contributed by atoms with Crippen LogP contribution < -0.4 is 10.4 Å². The lowest BCUT2D eigenvalue weighted by molar-refractivity contribution is -0.314. The lowest BCUT2D eigenvalue weighted by Gasteiger charge is -2.31. The summed E-state index contributed by atoms with van der Waals surface area (Å²) < 4.78 is 0. The molecule has 0 unspecified atom stereocenters. The van der Waals surface area contributed by atoms with E-state index in [1.165, 1.54) is 5.56 Å². The first-order chi connectivity index (χ1) is 9.58. The van der Waals surface area contributed by atoms with Gasteiger partial charge in [-0.2, -0.15) is 0 Å². The van der Waals surface area contributed by atoms with Crippen molar-refractivity contribution in [2.45, 2.75) is 39.2 Å². The highest BCUT2D eigenvalue weighted by molar-refractivity contribution is 5.84. The molecule has 0 radical (unpaired) electrons. The van der Waals surface area contributed by atoms with Crippen LogP contribution >= 0.6 is 0 Å². The lowest BCUT2D eigenvalue weighted by Crippen LogP contribution is -2.44.